The second-order valence-corrected chi connectivity index (χ2v) is 4.69. The fourth-order valence-corrected chi connectivity index (χ4v) is 2.06. The molecule has 1 aromatic heterocycles. The zero-order chi connectivity index (χ0) is 15.9. The smallest absolute Gasteiger partial charge is 0.321 e. The Morgan fingerprint density at radius 1 is 1.10 bits per heavy atom. The summed E-state index contributed by atoms with van der Waals surface area (Å²) in [5.41, 5.74) is -1.66. The van der Waals surface area contributed by atoms with E-state index in [4.69, 9.17) is 0 Å². The Bertz CT molecular complexity index is 489. The number of Topliss-reactive ketones (excluding diaryl/α,β-unsaturated/α-hetero) is 1. The third kappa shape index (κ3) is 3.53. The van der Waals surface area contributed by atoms with Gasteiger partial charge in [-0.1, -0.05) is 19.9 Å². The number of ketones is 1. The molecule has 8 heteroatoms. The molecule has 1 aliphatic heterocycles. The maximum absolute atomic E-state index is 11.6. The first-order valence-corrected chi connectivity index (χ1v) is 6.33. The van der Waals surface area contributed by atoms with E-state index in [0.29, 0.717) is 0 Å². The number of carboxylic acid groups (broad SMARTS) is 1. The second-order valence-electron chi connectivity index (χ2n) is 4.69. The van der Waals surface area contributed by atoms with Crippen molar-refractivity contribution >= 4 is 11.8 Å². The summed E-state index contributed by atoms with van der Waals surface area (Å²) in [6.45, 7) is 4.50. The molecule has 1 unspecified atom stereocenters. The molecule has 0 saturated carbocycles. The lowest BCUT2D eigenvalue weighted by atomic mass is 9.72. The van der Waals surface area contributed by atoms with Crippen molar-refractivity contribution in [3.63, 3.8) is 0 Å². The average molecular weight is 291 g/mol. The molecule has 0 aliphatic carbocycles. The number of carbonyl (C=O) groups excluding carboxylic acids is 1. The summed E-state index contributed by atoms with van der Waals surface area (Å²) in [6, 6.07) is 5.72. The van der Waals surface area contributed by atoms with Gasteiger partial charge < -0.3 is 5.11 Å². The Labute approximate surface area is 122 Å². The van der Waals surface area contributed by atoms with Crippen LogP contribution in [0.2, 0.25) is 0 Å². The molecule has 0 amide bonds. The minimum Gasteiger partial charge on any atom is -0.480 e. The molecule has 1 N–H and O–H groups in total. The number of hydrogen-bond acceptors (Lipinski definition) is 7. The molecular weight excluding hydrogens is 274 g/mol. The largest absolute Gasteiger partial charge is 0.480 e. The van der Waals surface area contributed by atoms with E-state index in [1.807, 2.05) is 18.2 Å². The van der Waals surface area contributed by atoms with Crippen molar-refractivity contribution in [3.05, 3.63) is 30.6 Å². The van der Waals surface area contributed by atoms with E-state index in [9.17, 15) is 14.7 Å². The number of carbonyl (C=O) groups is 2. The fraction of sp³-hybridized carbons (Fsp3) is 0.462. The lowest BCUT2D eigenvalue weighted by Crippen LogP contribution is -2.50. The monoisotopic (exact) mass is 291 g/mol. The Balaban J connectivity index is 0.000000304. The predicted molar refractivity (Wildman–Crippen MR) is 73.3 cm³/mol. The minimum absolute atomic E-state index is 0.437. The maximum atomic E-state index is 11.6. The van der Waals surface area contributed by atoms with Gasteiger partial charge in [0, 0.05) is 12.4 Å². The highest BCUT2D eigenvalue weighted by Crippen LogP contribution is 2.37. The molecule has 0 spiro atoms. The van der Waals surface area contributed by atoms with Crippen LogP contribution < -0.4 is 0 Å². The van der Waals surface area contributed by atoms with Crippen LogP contribution in [0.1, 0.15) is 20.8 Å². The van der Waals surface area contributed by atoms with Crippen LogP contribution in [0.25, 0.3) is 0 Å². The number of pyridine rings is 1. The Hall–Kier alpha value is -2.51. The van der Waals surface area contributed by atoms with Crippen molar-refractivity contribution in [2.45, 2.75) is 26.9 Å². The van der Waals surface area contributed by atoms with Crippen LogP contribution in [0.5, 0.6) is 0 Å². The van der Waals surface area contributed by atoms with Crippen molar-refractivity contribution in [1.29, 1.82) is 0 Å². The van der Waals surface area contributed by atoms with Gasteiger partial charge in [0.25, 0.3) is 0 Å². The maximum Gasteiger partial charge on any atom is 0.321 e. The first-order valence-electron chi connectivity index (χ1n) is 6.33. The number of rotatable bonds is 4. The molecule has 0 radical (unpaired) electrons. The molecule has 8 nitrogen and oxygen atoms in total. The van der Waals surface area contributed by atoms with Gasteiger partial charge >= 0.3 is 5.97 Å². The number of aromatic nitrogens is 1. The number of aliphatic carboxylic acids is 1. The summed E-state index contributed by atoms with van der Waals surface area (Å²) in [7, 11) is 0. The summed E-state index contributed by atoms with van der Waals surface area (Å²) < 4.78 is 0. The normalized spacial score (nSPS) is 16.2. The highest BCUT2D eigenvalue weighted by atomic mass is 16.4. The molecule has 0 fully saturated rings. The molecule has 0 bridgehead atoms. The topological polar surface area (TPSA) is 117 Å². The van der Waals surface area contributed by atoms with E-state index >= 15 is 0 Å². The average Bonchev–Trinajstić information content (AvgIpc) is 2.95. The summed E-state index contributed by atoms with van der Waals surface area (Å²) >= 11 is 0. The lowest BCUT2D eigenvalue weighted by molar-refractivity contribution is -0.159. The van der Waals surface area contributed by atoms with Crippen molar-refractivity contribution in [2.75, 3.05) is 0 Å². The van der Waals surface area contributed by atoms with Gasteiger partial charge in [-0.25, -0.2) is 0 Å². The highest BCUT2D eigenvalue weighted by Gasteiger charge is 2.55. The molecule has 112 valence electrons. The third-order valence-electron chi connectivity index (χ3n) is 3.18. The fourth-order valence-electron chi connectivity index (χ4n) is 2.06. The second kappa shape index (κ2) is 7.32. The van der Waals surface area contributed by atoms with Gasteiger partial charge in [-0.3, -0.25) is 14.6 Å². The molecular formula is C13H17N5O3. The first-order chi connectivity index (χ1) is 9.94. The predicted octanol–water partition coefficient (Wildman–Crippen LogP) is 2.54. The van der Waals surface area contributed by atoms with Crippen LogP contribution in [0.15, 0.2) is 51.3 Å². The van der Waals surface area contributed by atoms with Crippen LogP contribution in [0.4, 0.5) is 0 Å². The van der Waals surface area contributed by atoms with E-state index < -0.39 is 29.3 Å². The van der Waals surface area contributed by atoms with E-state index in [1.165, 1.54) is 6.92 Å². The number of hydrogen-bond donors (Lipinski definition) is 1. The summed E-state index contributed by atoms with van der Waals surface area (Å²) in [6.07, 6.45) is 2.45. The quantitative estimate of drug-likeness (QED) is 0.857. The van der Waals surface area contributed by atoms with Crippen LogP contribution >= 0.6 is 0 Å². The van der Waals surface area contributed by atoms with Gasteiger partial charge in [-0.05, 0) is 35.4 Å². The minimum atomic E-state index is -1.66. The van der Waals surface area contributed by atoms with Gasteiger partial charge in [-0.15, -0.1) is 10.2 Å². The SMILES string of the molecule is CC(=O)C(C(=O)O)(C(C)C)C1N=NN=N1.c1ccncc1. The van der Waals surface area contributed by atoms with E-state index in [0.717, 1.165) is 0 Å². The van der Waals surface area contributed by atoms with Crippen molar-refractivity contribution in [1.82, 2.24) is 4.98 Å². The van der Waals surface area contributed by atoms with Gasteiger partial charge in [0.1, 0.15) is 0 Å². The number of nitrogens with zero attached hydrogens (tertiary/aromatic N) is 5. The molecule has 1 aliphatic rings. The number of carboxylic acids is 1. The summed E-state index contributed by atoms with van der Waals surface area (Å²) in [5.74, 6) is -2.17. The van der Waals surface area contributed by atoms with Crippen LogP contribution in [-0.4, -0.2) is 28.0 Å². The van der Waals surface area contributed by atoms with Crippen molar-refractivity contribution < 1.29 is 14.7 Å². The van der Waals surface area contributed by atoms with Crippen molar-refractivity contribution in [3.8, 4) is 0 Å². The van der Waals surface area contributed by atoms with Crippen LogP contribution in [-0.2, 0) is 9.59 Å². The molecule has 0 aromatic carbocycles. The zero-order valence-electron chi connectivity index (χ0n) is 12.0. The van der Waals surface area contributed by atoms with Crippen LogP contribution in [0, 0.1) is 11.3 Å². The summed E-state index contributed by atoms with van der Waals surface area (Å²) in [5, 5.41) is 22.8. The van der Waals surface area contributed by atoms with Crippen LogP contribution in [0.3, 0.4) is 0 Å². The zero-order valence-corrected chi connectivity index (χ0v) is 12.0. The Kier molecular flexibility index (Phi) is 5.77. The van der Waals surface area contributed by atoms with E-state index in [-0.39, 0.29) is 0 Å². The van der Waals surface area contributed by atoms with E-state index in [2.05, 4.69) is 25.7 Å². The Morgan fingerprint density at radius 2 is 1.62 bits per heavy atom. The summed E-state index contributed by atoms with van der Waals surface area (Å²) in [4.78, 5) is 26.6. The molecule has 2 rings (SSSR count). The molecule has 21 heavy (non-hydrogen) atoms. The highest BCUT2D eigenvalue weighted by molar-refractivity contribution is 6.03. The van der Waals surface area contributed by atoms with E-state index in [1.54, 1.807) is 26.2 Å². The molecule has 1 atom stereocenters. The molecule has 0 saturated heterocycles. The van der Waals surface area contributed by atoms with Gasteiger partial charge in [0.2, 0.25) is 6.17 Å². The standard InChI is InChI=1S/C8H12N4O3.C5H5N/c1-4(2)8(5(3)13,7(14)15)6-9-11-12-10-6;1-2-4-6-5-3-1/h4,6H,1-3H3,(H,14,15);1-5H. The van der Waals surface area contributed by atoms with Crippen molar-refractivity contribution in [2.24, 2.45) is 32.0 Å². The third-order valence-corrected chi connectivity index (χ3v) is 3.18. The van der Waals surface area contributed by atoms with Gasteiger partial charge in [-0.2, -0.15) is 0 Å². The first kappa shape index (κ1) is 16.5. The molecule has 2 heterocycles. The lowest BCUT2D eigenvalue weighted by Gasteiger charge is -2.31. The molecule has 1 aromatic rings. The van der Waals surface area contributed by atoms with Gasteiger partial charge in [0.05, 0.1) is 0 Å². The Morgan fingerprint density at radius 3 is 1.86 bits per heavy atom. The van der Waals surface area contributed by atoms with Gasteiger partial charge in [0.15, 0.2) is 11.2 Å².